The van der Waals surface area contributed by atoms with E-state index >= 15 is 0 Å². The van der Waals surface area contributed by atoms with E-state index in [4.69, 9.17) is 16.6 Å². The van der Waals surface area contributed by atoms with Crippen LogP contribution in [0.3, 0.4) is 0 Å². The maximum Gasteiger partial charge on any atom is 0.281 e. The minimum absolute atomic E-state index is 0.183. The average Bonchev–Trinajstić information content (AvgIpc) is 2.99. The van der Waals surface area contributed by atoms with Gasteiger partial charge < -0.3 is 9.73 Å². The van der Waals surface area contributed by atoms with Gasteiger partial charge in [0.15, 0.2) is 5.11 Å². The second kappa shape index (κ2) is 4.94. The fraction of sp³-hybridized carbons (Fsp3) is 0.0667. The highest BCUT2D eigenvalue weighted by Gasteiger charge is 2.32. The summed E-state index contributed by atoms with van der Waals surface area (Å²) in [7, 11) is 0. The van der Waals surface area contributed by atoms with E-state index in [2.05, 4.69) is 5.32 Å². The zero-order chi connectivity index (χ0) is 14.1. The monoisotopic (exact) mass is 284 g/mol. The number of nitrogens with zero attached hydrogens (tertiary/aromatic N) is 1. The van der Waals surface area contributed by atoms with Crippen LogP contribution >= 0.6 is 12.2 Å². The van der Waals surface area contributed by atoms with Crippen LogP contribution in [0.5, 0.6) is 0 Å². The van der Waals surface area contributed by atoms with E-state index in [1.54, 1.807) is 24.5 Å². The first-order valence-corrected chi connectivity index (χ1v) is 6.53. The summed E-state index contributed by atoms with van der Waals surface area (Å²) in [5.74, 6) is 0.423. The number of carbonyl (C=O) groups excluding carboxylic acids is 1. The third-order valence-electron chi connectivity index (χ3n) is 2.97. The molecule has 1 fully saturated rings. The molecule has 20 heavy (non-hydrogen) atoms. The Morgan fingerprint density at radius 3 is 2.85 bits per heavy atom. The fourth-order valence-corrected chi connectivity index (χ4v) is 2.35. The summed E-state index contributed by atoms with van der Waals surface area (Å²) in [6.45, 7) is 1.97. The quantitative estimate of drug-likeness (QED) is 0.680. The molecule has 1 N–H and O–H groups in total. The van der Waals surface area contributed by atoms with Crippen LogP contribution in [0.15, 0.2) is 52.8 Å². The maximum absolute atomic E-state index is 12.4. The second-order valence-corrected chi connectivity index (χ2v) is 4.87. The Morgan fingerprint density at radius 1 is 1.30 bits per heavy atom. The van der Waals surface area contributed by atoms with Crippen molar-refractivity contribution in [1.82, 2.24) is 5.32 Å². The number of nitrogens with one attached hydrogen (secondary N) is 1. The molecular weight excluding hydrogens is 272 g/mol. The smallest absolute Gasteiger partial charge is 0.281 e. The zero-order valence-electron chi connectivity index (χ0n) is 10.8. The Kier molecular flexibility index (Phi) is 3.12. The lowest BCUT2D eigenvalue weighted by atomic mass is 10.2. The number of carbonyl (C=O) groups is 1. The molecule has 100 valence electrons. The van der Waals surface area contributed by atoms with Gasteiger partial charge >= 0.3 is 0 Å². The average molecular weight is 284 g/mol. The minimum Gasteiger partial charge on any atom is -0.465 e. The van der Waals surface area contributed by atoms with E-state index < -0.39 is 0 Å². The summed E-state index contributed by atoms with van der Waals surface area (Å²) in [5, 5.41) is 3.29. The van der Waals surface area contributed by atoms with E-state index in [0.29, 0.717) is 16.6 Å². The van der Waals surface area contributed by atoms with Crippen LogP contribution in [0, 0.1) is 6.92 Å². The normalized spacial score (nSPS) is 16.9. The second-order valence-electron chi connectivity index (χ2n) is 4.48. The van der Waals surface area contributed by atoms with Crippen molar-refractivity contribution < 1.29 is 9.21 Å². The summed E-state index contributed by atoms with van der Waals surface area (Å²) in [6.07, 6.45) is 3.20. The number of benzene rings is 1. The van der Waals surface area contributed by atoms with E-state index in [-0.39, 0.29) is 5.91 Å². The van der Waals surface area contributed by atoms with Gasteiger partial charge in [-0.15, -0.1) is 0 Å². The molecule has 5 heteroatoms. The Morgan fingerprint density at radius 2 is 2.15 bits per heavy atom. The van der Waals surface area contributed by atoms with E-state index in [1.807, 2.05) is 31.2 Å². The SMILES string of the molecule is Cc1cccc(N2C(=O)/C(=C\c3ccco3)NC2=S)c1. The number of amides is 1. The Balaban J connectivity index is 1.95. The molecule has 1 aromatic carbocycles. The molecule has 0 bridgehead atoms. The van der Waals surface area contributed by atoms with Gasteiger partial charge in [0.05, 0.1) is 12.0 Å². The van der Waals surface area contributed by atoms with Crippen molar-refractivity contribution in [2.45, 2.75) is 6.92 Å². The van der Waals surface area contributed by atoms with Gasteiger partial charge in [0.1, 0.15) is 11.5 Å². The van der Waals surface area contributed by atoms with Crippen LogP contribution in [-0.2, 0) is 4.79 Å². The van der Waals surface area contributed by atoms with Gasteiger partial charge in [0, 0.05) is 6.08 Å². The summed E-state index contributed by atoms with van der Waals surface area (Å²) in [6, 6.07) is 11.2. The van der Waals surface area contributed by atoms with Gasteiger partial charge in [-0.25, -0.2) is 0 Å². The van der Waals surface area contributed by atoms with Gasteiger partial charge in [0.25, 0.3) is 5.91 Å². The van der Waals surface area contributed by atoms with Crippen LogP contribution in [0.25, 0.3) is 6.08 Å². The van der Waals surface area contributed by atoms with Gasteiger partial charge in [-0.1, -0.05) is 12.1 Å². The summed E-state index contributed by atoms with van der Waals surface area (Å²) < 4.78 is 5.21. The Labute approximate surface area is 121 Å². The lowest BCUT2D eigenvalue weighted by molar-refractivity contribution is -0.113. The molecule has 0 radical (unpaired) electrons. The first kappa shape index (κ1) is 12.6. The highest BCUT2D eigenvalue weighted by Crippen LogP contribution is 2.23. The van der Waals surface area contributed by atoms with Gasteiger partial charge in [-0.3, -0.25) is 9.69 Å². The molecule has 0 atom stereocenters. The van der Waals surface area contributed by atoms with Crippen molar-refractivity contribution in [2.24, 2.45) is 0 Å². The number of aryl methyl sites for hydroxylation is 1. The molecule has 2 heterocycles. The molecule has 1 aliphatic rings. The minimum atomic E-state index is -0.183. The van der Waals surface area contributed by atoms with Crippen molar-refractivity contribution in [3.8, 4) is 0 Å². The molecule has 1 saturated heterocycles. The molecule has 1 aromatic heterocycles. The molecule has 0 unspecified atom stereocenters. The molecule has 1 aliphatic heterocycles. The molecular formula is C15H12N2O2S. The van der Waals surface area contributed by atoms with Gasteiger partial charge in [-0.2, -0.15) is 0 Å². The van der Waals surface area contributed by atoms with E-state index in [1.165, 1.54) is 4.90 Å². The van der Waals surface area contributed by atoms with Crippen LogP contribution in [0.1, 0.15) is 11.3 Å². The lowest BCUT2D eigenvalue weighted by Crippen LogP contribution is -2.30. The molecule has 2 aromatic rings. The molecule has 0 spiro atoms. The predicted molar refractivity (Wildman–Crippen MR) is 81.1 cm³/mol. The number of anilines is 1. The number of furan rings is 1. The topological polar surface area (TPSA) is 45.5 Å². The zero-order valence-corrected chi connectivity index (χ0v) is 11.6. The first-order chi connectivity index (χ1) is 9.65. The number of hydrogen-bond acceptors (Lipinski definition) is 3. The van der Waals surface area contributed by atoms with E-state index in [9.17, 15) is 4.79 Å². The molecule has 1 amide bonds. The van der Waals surface area contributed by atoms with Crippen molar-refractivity contribution in [1.29, 1.82) is 0 Å². The fourth-order valence-electron chi connectivity index (χ4n) is 2.05. The van der Waals surface area contributed by atoms with Crippen LogP contribution < -0.4 is 10.2 Å². The first-order valence-electron chi connectivity index (χ1n) is 6.12. The highest BCUT2D eigenvalue weighted by atomic mass is 32.1. The van der Waals surface area contributed by atoms with Gasteiger partial charge in [0.2, 0.25) is 0 Å². The summed E-state index contributed by atoms with van der Waals surface area (Å²) >= 11 is 5.24. The standard InChI is InChI=1S/C15H12N2O2S/c1-10-4-2-5-11(8-10)17-14(18)13(16-15(17)20)9-12-6-3-7-19-12/h2-9H,1H3,(H,16,20)/b13-9+. The van der Waals surface area contributed by atoms with Crippen LogP contribution in [-0.4, -0.2) is 11.0 Å². The predicted octanol–water partition coefficient (Wildman–Crippen LogP) is 2.85. The van der Waals surface area contributed by atoms with Gasteiger partial charge in [-0.05, 0) is 49.0 Å². The highest BCUT2D eigenvalue weighted by molar-refractivity contribution is 7.80. The Bertz CT molecular complexity index is 704. The summed E-state index contributed by atoms with van der Waals surface area (Å²) in [4.78, 5) is 13.9. The maximum atomic E-state index is 12.4. The molecule has 3 rings (SSSR count). The van der Waals surface area contributed by atoms with Crippen LogP contribution in [0.4, 0.5) is 5.69 Å². The van der Waals surface area contributed by atoms with Crippen LogP contribution in [0.2, 0.25) is 0 Å². The third-order valence-corrected chi connectivity index (χ3v) is 3.25. The largest absolute Gasteiger partial charge is 0.465 e. The number of rotatable bonds is 2. The van der Waals surface area contributed by atoms with Crippen molar-refractivity contribution in [3.05, 3.63) is 59.7 Å². The molecule has 4 nitrogen and oxygen atoms in total. The third kappa shape index (κ3) is 2.23. The number of thiocarbonyl (C=S) groups is 1. The number of hydrogen-bond donors (Lipinski definition) is 1. The van der Waals surface area contributed by atoms with Crippen molar-refractivity contribution >= 4 is 35.0 Å². The van der Waals surface area contributed by atoms with Crippen molar-refractivity contribution in [3.63, 3.8) is 0 Å². The Hall–Kier alpha value is -2.40. The summed E-state index contributed by atoms with van der Waals surface area (Å²) in [5.41, 5.74) is 2.24. The van der Waals surface area contributed by atoms with E-state index in [0.717, 1.165) is 11.3 Å². The molecule has 0 aliphatic carbocycles. The molecule has 0 saturated carbocycles. The van der Waals surface area contributed by atoms with Crippen molar-refractivity contribution in [2.75, 3.05) is 4.90 Å². The lowest BCUT2D eigenvalue weighted by Gasteiger charge is -2.14.